The van der Waals surface area contributed by atoms with Gasteiger partial charge in [0.2, 0.25) is 5.91 Å². The standard InChI is InChI=1S/C25H33N3O3/c1-19-9-11-20(12-10-19)23(27(2)3)17-26-25(30)21-13-15-28(16-14-21)24(29)18-31-22-7-5-4-6-8-22/h4-12,21,23H,13-18H2,1-3H3,(H,26,30). The number of piperidine rings is 1. The number of carbonyl (C=O) groups excluding carboxylic acids is 2. The van der Waals surface area contributed by atoms with Crippen LogP contribution in [0.4, 0.5) is 0 Å². The topological polar surface area (TPSA) is 61.9 Å². The predicted octanol–water partition coefficient (Wildman–Crippen LogP) is 3.03. The molecule has 166 valence electrons. The Balaban J connectivity index is 1.44. The Morgan fingerprint density at radius 3 is 2.32 bits per heavy atom. The molecule has 0 bridgehead atoms. The molecule has 31 heavy (non-hydrogen) atoms. The molecule has 0 aliphatic carbocycles. The highest BCUT2D eigenvalue weighted by molar-refractivity contribution is 5.80. The Bertz CT molecular complexity index is 844. The molecule has 1 saturated heterocycles. The van der Waals surface area contributed by atoms with E-state index in [2.05, 4.69) is 41.4 Å². The lowest BCUT2D eigenvalue weighted by molar-refractivity contribution is -0.137. The second kappa shape index (κ2) is 11.0. The summed E-state index contributed by atoms with van der Waals surface area (Å²) in [5, 5.41) is 3.13. The smallest absolute Gasteiger partial charge is 0.260 e. The van der Waals surface area contributed by atoms with Crippen molar-refractivity contribution in [3.8, 4) is 5.75 Å². The van der Waals surface area contributed by atoms with Crippen LogP contribution in [-0.4, -0.2) is 62.0 Å². The molecule has 1 aliphatic heterocycles. The monoisotopic (exact) mass is 423 g/mol. The number of ether oxygens (including phenoxy) is 1. The van der Waals surface area contributed by atoms with E-state index >= 15 is 0 Å². The Morgan fingerprint density at radius 2 is 1.71 bits per heavy atom. The van der Waals surface area contributed by atoms with E-state index in [9.17, 15) is 9.59 Å². The zero-order valence-electron chi connectivity index (χ0n) is 18.7. The average molecular weight is 424 g/mol. The third-order valence-electron chi connectivity index (χ3n) is 5.88. The largest absolute Gasteiger partial charge is 0.484 e. The molecular formula is C25H33N3O3. The zero-order valence-corrected chi connectivity index (χ0v) is 18.7. The normalized spacial score (nSPS) is 15.5. The van der Waals surface area contributed by atoms with Gasteiger partial charge in [0.05, 0.1) is 6.04 Å². The molecule has 1 heterocycles. The van der Waals surface area contributed by atoms with Crippen molar-refractivity contribution in [3.63, 3.8) is 0 Å². The highest BCUT2D eigenvalue weighted by atomic mass is 16.5. The zero-order chi connectivity index (χ0) is 22.2. The fraction of sp³-hybridized carbons (Fsp3) is 0.440. The van der Waals surface area contributed by atoms with Gasteiger partial charge in [-0.3, -0.25) is 9.59 Å². The maximum Gasteiger partial charge on any atom is 0.260 e. The Kier molecular flexibility index (Phi) is 8.06. The molecule has 1 unspecified atom stereocenters. The summed E-state index contributed by atoms with van der Waals surface area (Å²) >= 11 is 0. The lowest BCUT2D eigenvalue weighted by atomic mass is 9.95. The molecule has 3 rings (SSSR count). The van der Waals surface area contributed by atoms with E-state index in [-0.39, 0.29) is 30.4 Å². The molecule has 6 nitrogen and oxygen atoms in total. The van der Waals surface area contributed by atoms with Gasteiger partial charge in [-0.2, -0.15) is 0 Å². The van der Waals surface area contributed by atoms with E-state index in [0.717, 1.165) is 0 Å². The van der Waals surface area contributed by atoms with Gasteiger partial charge in [-0.1, -0.05) is 48.0 Å². The quantitative estimate of drug-likeness (QED) is 0.709. The number of benzene rings is 2. The molecule has 1 N–H and O–H groups in total. The van der Waals surface area contributed by atoms with Gasteiger partial charge >= 0.3 is 0 Å². The van der Waals surface area contributed by atoms with Crippen LogP contribution in [0.3, 0.4) is 0 Å². The number of hydrogen-bond acceptors (Lipinski definition) is 4. The van der Waals surface area contributed by atoms with Crippen molar-refractivity contribution in [2.45, 2.75) is 25.8 Å². The van der Waals surface area contributed by atoms with Crippen LogP contribution in [0.5, 0.6) is 5.75 Å². The van der Waals surface area contributed by atoms with Gasteiger partial charge in [-0.25, -0.2) is 0 Å². The van der Waals surface area contributed by atoms with E-state index in [1.54, 1.807) is 4.90 Å². The van der Waals surface area contributed by atoms with Crippen LogP contribution in [-0.2, 0) is 9.59 Å². The van der Waals surface area contributed by atoms with E-state index in [4.69, 9.17) is 4.74 Å². The van der Waals surface area contributed by atoms with Crippen molar-refractivity contribution in [1.82, 2.24) is 15.1 Å². The van der Waals surface area contributed by atoms with E-state index in [1.807, 2.05) is 44.4 Å². The van der Waals surface area contributed by atoms with Crippen LogP contribution in [0, 0.1) is 12.8 Å². The van der Waals surface area contributed by atoms with Gasteiger partial charge in [-0.15, -0.1) is 0 Å². The van der Waals surface area contributed by atoms with Gasteiger partial charge in [0.15, 0.2) is 6.61 Å². The van der Waals surface area contributed by atoms with Crippen molar-refractivity contribution in [3.05, 3.63) is 65.7 Å². The van der Waals surface area contributed by atoms with Crippen LogP contribution in [0.25, 0.3) is 0 Å². The van der Waals surface area contributed by atoms with Crippen LogP contribution >= 0.6 is 0 Å². The van der Waals surface area contributed by atoms with Gasteiger partial charge in [0.1, 0.15) is 5.75 Å². The minimum absolute atomic E-state index is 0.0297. The summed E-state index contributed by atoms with van der Waals surface area (Å²) in [6, 6.07) is 17.9. The van der Waals surface area contributed by atoms with Crippen LogP contribution < -0.4 is 10.1 Å². The molecule has 0 radical (unpaired) electrons. The van der Waals surface area contributed by atoms with Gasteiger partial charge in [-0.05, 0) is 51.6 Å². The van der Waals surface area contributed by atoms with Crippen LogP contribution in [0.2, 0.25) is 0 Å². The summed E-state index contributed by atoms with van der Waals surface area (Å²) in [4.78, 5) is 29.1. The number of hydrogen-bond donors (Lipinski definition) is 1. The number of likely N-dealkylation sites (N-methyl/N-ethyl adjacent to an activating group) is 1. The van der Waals surface area contributed by atoms with Crippen molar-refractivity contribution < 1.29 is 14.3 Å². The van der Waals surface area contributed by atoms with E-state index < -0.39 is 0 Å². The molecule has 1 atom stereocenters. The highest BCUT2D eigenvalue weighted by Gasteiger charge is 2.28. The summed E-state index contributed by atoms with van der Waals surface area (Å²) in [7, 11) is 4.05. The van der Waals surface area contributed by atoms with Crippen LogP contribution in [0.15, 0.2) is 54.6 Å². The van der Waals surface area contributed by atoms with Crippen molar-refractivity contribution >= 4 is 11.8 Å². The number of carbonyl (C=O) groups is 2. The number of nitrogens with zero attached hydrogens (tertiary/aromatic N) is 2. The first-order chi connectivity index (χ1) is 14.9. The van der Waals surface area contributed by atoms with Gasteiger partial charge < -0.3 is 19.9 Å². The predicted molar refractivity (Wildman–Crippen MR) is 122 cm³/mol. The lowest BCUT2D eigenvalue weighted by Crippen LogP contribution is -2.45. The first-order valence-electron chi connectivity index (χ1n) is 10.9. The molecule has 6 heteroatoms. The van der Waals surface area contributed by atoms with Gasteiger partial charge in [0.25, 0.3) is 5.91 Å². The number of para-hydroxylation sites is 1. The maximum absolute atomic E-state index is 12.7. The molecule has 2 aromatic carbocycles. The summed E-state index contributed by atoms with van der Waals surface area (Å²) in [6.07, 6.45) is 1.36. The molecule has 1 aliphatic rings. The number of aryl methyl sites for hydroxylation is 1. The minimum atomic E-state index is -0.0556. The third-order valence-corrected chi connectivity index (χ3v) is 5.88. The first-order valence-corrected chi connectivity index (χ1v) is 10.9. The van der Waals surface area contributed by atoms with Crippen molar-refractivity contribution in [2.75, 3.05) is 40.3 Å². The van der Waals surface area contributed by atoms with Crippen molar-refractivity contribution in [1.29, 1.82) is 0 Å². The molecule has 0 saturated carbocycles. The molecule has 2 aromatic rings. The van der Waals surface area contributed by atoms with E-state index in [0.29, 0.717) is 38.2 Å². The Labute approximate surface area is 185 Å². The second-order valence-corrected chi connectivity index (χ2v) is 8.39. The minimum Gasteiger partial charge on any atom is -0.484 e. The number of nitrogens with one attached hydrogen (secondary N) is 1. The second-order valence-electron chi connectivity index (χ2n) is 8.39. The molecule has 0 aromatic heterocycles. The Morgan fingerprint density at radius 1 is 1.06 bits per heavy atom. The summed E-state index contributed by atoms with van der Waals surface area (Å²) in [5.74, 6) is 0.676. The lowest BCUT2D eigenvalue weighted by Gasteiger charge is -2.32. The maximum atomic E-state index is 12.7. The van der Waals surface area contributed by atoms with Crippen LogP contribution in [0.1, 0.15) is 30.0 Å². The SMILES string of the molecule is Cc1ccc(C(CNC(=O)C2CCN(C(=O)COc3ccccc3)CC2)N(C)C)cc1. The van der Waals surface area contributed by atoms with Gasteiger partial charge in [0, 0.05) is 25.6 Å². The van der Waals surface area contributed by atoms with E-state index in [1.165, 1.54) is 11.1 Å². The molecule has 1 fully saturated rings. The average Bonchev–Trinajstić information content (AvgIpc) is 2.79. The fourth-order valence-electron chi connectivity index (χ4n) is 3.87. The third kappa shape index (κ3) is 6.56. The molecule has 0 spiro atoms. The summed E-state index contributed by atoms with van der Waals surface area (Å²) < 4.78 is 5.56. The fourth-order valence-corrected chi connectivity index (χ4v) is 3.87. The number of rotatable bonds is 8. The Hall–Kier alpha value is -2.86. The van der Waals surface area contributed by atoms with Crippen molar-refractivity contribution in [2.24, 2.45) is 5.92 Å². The molecule has 2 amide bonds. The summed E-state index contributed by atoms with van der Waals surface area (Å²) in [5.41, 5.74) is 2.41. The molecular weight excluding hydrogens is 390 g/mol. The first kappa shape index (κ1) is 22.8. The number of amides is 2. The number of likely N-dealkylation sites (tertiary alicyclic amines) is 1. The highest BCUT2D eigenvalue weighted by Crippen LogP contribution is 2.21. The summed E-state index contributed by atoms with van der Waals surface area (Å²) in [6.45, 7) is 3.84.